The smallest absolute Gasteiger partial charge is 0.217 e. The number of ether oxygens (including phenoxy) is 23. The van der Waals surface area contributed by atoms with E-state index in [4.69, 9.17) is 109 Å². The van der Waals surface area contributed by atoms with E-state index in [1.54, 1.807) is 0 Å². The zero-order valence-corrected chi connectivity index (χ0v) is 75.1. The predicted molar refractivity (Wildman–Crippen MR) is 427 cm³/mol. The first-order valence-electron chi connectivity index (χ1n) is 44.9. The van der Waals surface area contributed by atoms with Gasteiger partial charge in [0.25, 0.3) is 0 Å². The van der Waals surface area contributed by atoms with Crippen molar-refractivity contribution in [2.24, 2.45) is 0 Å². The molecule has 12 rings (SSSR count). The molecule has 0 spiro atoms. The summed E-state index contributed by atoms with van der Waals surface area (Å²) in [6, 6.07) is -5.57. The molecule has 0 aromatic carbocycles. The minimum absolute atomic E-state index is 0.802. The fourth-order valence-corrected chi connectivity index (χ4v) is 18.3. The Morgan fingerprint density at radius 3 is 0.793 bits per heavy atom. The van der Waals surface area contributed by atoms with Gasteiger partial charge in [0.1, 0.15) is 281 Å². The number of aliphatic hydroxyl groups is 33. The average molecular weight is 2050 g/mol. The molecule has 0 saturated carbocycles. The molecule has 3 amide bonds. The van der Waals surface area contributed by atoms with Crippen LogP contribution in [-0.2, 0) is 123 Å². The first-order chi connectivity index (χ1) is 66.2. The Balaban J connectivity index is 0.777. The average Bonchev–Trinajstić information content (AvgIpc) is 0.767. The van der Waals surface area contributed by atoms with Crippen LogP contribution in [0.25, 0.3) is 0 Å². The largest absolute Gasteiger partial charge is 0.394 e. The molecule has 0 aromatic heterocycles. The van der Waals surface area contributed by atoms with E-state index in [0.29, 0.717) is 0 Å². The van der Waals surface area contributed by atoms with E-state index >= 15 is 0 Å². The lowest BCUT2D eigenvalue weighted by Gasteiger charge is -2.50. The third-order valence-electron chi connectivity index (χ3n) is 26.2. The van der Waals surface area contributed by atoms with Crippen molar-refractivity contribution in [1.82, 2.24) is 16.0 Å². The van der Waals surface area contributed by atoms with Crippen molar-refractivity contribution in [1.29, 1.82) is 0 Å². The maximum absolute atomic E-state index is 13.2. The molecule has 140 heavy (non-hydrogen) atoms. The summed E-state index contributed by atoms with van der Waals surface area (Å²) in [4.78, 5) is 38.5. The first-order valence-corrected chi connectivity index (χ1v) is 44.9. The Morgan fingerprint density at radius 2 is 0.429 bits per heavy atom. The molecule has 36 N–H and O–H groups in total. The van der Waals surface area contributed by atoms with Crippen LogP contribution in [-0.4, -0.2) is 621 Å². The Hall–Kier alpha value is -3.83. The fraction of sp³-hybridized carbons (Fsp3) is 0.962. The molecule has 0 radical (unpaired) electrons. The summed E-state index contributed by atoms with van der Waals surface area (Å²) in [7, 11) is 0. The van der Waals surface area contributed by atoms with E-state index < -0.39 is 452 Å². The van der Waals surface area contributed by atoms with Crippen LogP contribution in [0.5, 0.6) is 0 Å². The van der Waals surface area contributed by atoms with Gasteiger partial charge in [-0.2, -0.15) is 0 Å². The van der Waals surface area contributed by atoms with Gasteiger partial charge in [-0.3, -0.25) is 14.4 Å². The number of carbonyl (C=O) groups is 3. The van der Waals surface area contributed by atoms with Gasteiger partial charge in [-0.05, 0) is 13.8 Å². The minimum atomic E-state index is -2.59. The highest BCUT2D eigenvalue weighted by Gasteiger charge is 2.63. The Bertz CT molecular complexity index is 3820. The van der Waals surface area contributed by atoms with Gasteiger partial charge in [-0.15, -0.1) is 0 Å². The molecular weight excluding hydrogens is 1920 g/mol. The maximum Gasteiger partial charge on any atom is 0.217 e. The van der Waals surface area contributed by atoms with E-state index in [9.17, 15) is 183 Å². The molecule has 12 aliphatic rings. The standard InChI is InChI=1S/C78H131N3O59/c1-16-34(93)45(104)51(110)70(120-16)139-65-47(106)37(96)22(7-83)126-77(65)137-62-39(98)24(9-85)124-74(55(62)114)133-59-27(12-88)129-72(53(112)49(59)108)132-58-26(11-87)128-69(32(44(58)103)80-19(4)91)119-15-30-42(101)64(57(116)76(131-30)135-61-33(81-20(5)92)67(117)122-29(41(61)100)14-118-68-31(79-18(3)90)43(102)36(95)21(6-82)123-68)136-73-54(113)50(109)60(28(13-89)130-73)134-75-56(115)63(40(99)25(10-86)125-75)138-78-66(48(107)38(97)23(8-84)127-78)140-71-52(111)46(105)35(94)17(2)121-71/h16-17,21-78,82-89,93-117H,6-15H2,1-5H3,(H,79,90)(H,80,91)(H,81,92)/t16-,17-,21+,22+,23+,24+,25+,26+,27+,28+,29+,30+,31+,32+,33+,34+,35+,36+,37-,38-,39-,40-,41-,42-,43+,44+,45+,46+,47-,48-,49+,50+,51-,52-,53+,54+,55+,56+,57+,58+,59-,60-,61+,62-,63-,64-,65+,66+,67?,68+,69+,70-,71-,72-,73-,74+,75+,76-,77+,78+/m0/s1. The second-order valence-corrected chi connectivity index (χ2v) is 35.9. The van der Waals surface area contributed by atoms with E-state index in [2.05, 4.69) is 16.0 Å². The Morgan fingerprint density at radius 1 is 0.200 bits per heavy atom. The number of amides is 3. The lowest BCUT2D eigenvalue weighted by Crippen LogP contribution is -2.70. The minimum Gasteiger partial charge on any atom is -0.394 e. The highest BCUT2D eigenvalue weighted by atomic mass is 16.8. The summed E-state index contributed by atoms with van der Waals surface area (Å²) in [5.74, 6) is -2.77. The Kier molecular flexibility index (Phi) is 40.8. The summed E-state index contributed by atoms with van der Waals surface area (Å²) in [6.45, 7) is -5.82. The molecule has 62 heteroatoms. The molecule has 12 heterocycles. The molecule has 0 aromatic rings. The van der Waals surface area contributed by atoms with Gasteiger partial charge in [-0.25, -0.2) is 0 Å². The monoisotopic (exact) mass is 2050 g/mol. The number of hydrogen-bond acceptors (Lipinski definition) is 59. The van der Waals surface area contributed by atoms with Crippen molar-refractivity contribution >= 4 is 17.7 Å². The van der Waals surface area contributed by atoms with Gasteiger partial charge in [0.15, 0.2) is 75.5 Å². The van der Waals surface area contributed by atoms with E-state index in [-0.39, 0.29) is 0 Å². The van der Waals surface area contributed by atoms with E-state index in [1.807, 2.05) is 0 Å². The fourth-order valence-electron chi connectivity index (χ4n) is 18.3. The maximum atomic E-state index is 13.2. The first kappa shape index (κ1) is 115. The van der Waals surface area contributed by atoms with Crippen LogP contribution in [0.4, 0.5) is 0 Å². The number of carbonyl (C=O) groups excluding carboxylic acids is 3. The highest BCUT2D eigenvalue weighted by Crippen LogP contribution is 2.43. The van der Waals surface area contributed by atoms with Crippen molar-refractivity contribution in [2.45, 2.75) is 403 Å². The van der Waals surface area contributed by atoms with Crippen LogP contribution in [0.1, 0.15) is 34.6 Å². The third-order valence-corrected chi connectivity index (χ3v) is 26.2. The molecule has 0 bridgehead atoms. The topological polar surface area (TPSA) is 967 Å². The van der Waals surface area contributed by atoms with Crippen molar-refractivity contribution < 1.29 is 292 Å². The van der Waals surface area contributed by atoms with E-state index in [0.717, 1.165) is 20.8 Å². The summed E-state index contributed by atoms with van der Waals surface area (Å²) in [5.41, 5.74) is 0. The zero-order valence-electron chi connectivity index (χ0n) is 75.1. The van der Waals surface area contributed by atoms with Crippen LogP contribution >= 0.6 is 0 Å². The summed E-state index contributed by atoms with van der Waals surface area (Å²) in [6.07, 6.45) is -119. The molecule has 12 aliphatic heterocycles. The third kappa shape index (κ3) is 24.7. The van der Waals surface area contributed by atoms with Gasteiger partial charge >= 0.3 is 0 Å². The van der Waals surface area contributed by atoms with Crippen LogP contribution in [0, 0.1) is 0 Å². The van der Waals surface area contributed by atoms with Gasteiger partial charge in [0, 0.05) is 20.8 Å². The number of aliphatic hydroxyl groups excluding tert-OH is 33. The zero-order chi connectivity index (χ0) is 103. The van der Waals surface area contributed by atoms with Gasteiger partial charge in [-0.1, -0.05) is 0 Å². The quantitative estimate of drug-likeness (QED) is 0.0280. The van der Waals surface area contributed by atoms with Gasteiger partial charge in [0.2, 0.25) is 17.7 Å². The number of rotatable bonds is 35. The molecule has 60 atom stereocenters. The van der Waals surface area contributed by atoms with Crippen molar-refractivity contribution in [3.63, 3.8) is 0 Å². The second kappa shape index (κ2) is 49.7. The molecule has 812 valence electrons. The Labute approximate surface area is 792 Å². The molecule has 12 saturated heterocycles. The summed E-state index contributed by atoms with van der Waals surface area (Å²) >= 11 is 0. The second-order valence-electron chi connectivity index (χ2n) is 35.9. The lowest BCUT2D eigenvalue weighted by molar-refractivity contribution is -0.401. The number of nitrogens with one attached hydrogen (secondary N) is 3. The molecule has 0 aliphatic carbocycles. The van der Waals surface area contributed by atoms with Crippen LogP contribution in [0.15, 0.2) is 0 Å². The summed E-state index contributed by atoms with van der Waals surface area (Å²) < 4.78 is 134. The molecular formula is C78H131N3O59. The van der Waals surface area contributed by atoms with Crippen molar-refractivity contribution in [3.8, 4) is 0 Å². The molecule has 1 unspecified atom stereocenters. The lowest BCUT2D eigenvalue weighted by atomic mass is 9.94. The van der Waals surface area contributed by atoms with Crippen molar-refractivity contribution in [2.75, 3.05) is 66.1 Å². The van der Waals surface area contributed by atoms with E-state index in [1.165, 1.54) is 13.8 Å². The highest BCUT2D eigenvalue weighted by molar-refractivity contribution is 5.74. The summed E-state index contributed by atoms with van der Waals surface area (Å²) in [5, 5.41) is 377. The predicted octanol–water partition coefficient (Wildman–Crippen LogP) is -24.7. The van der Waals surface area contributed by atoms with Gasteiger partial charge in [0.05, 0.1) is 78.3 Å². The molecule has 12 fully saturated rings. The number of hydrogen-bond donors (Lipinski definition) is 36. The SMILES string of the molecule is CC(=O)N[C@H]1[C@H](OC[C@H]2O[C@@H](O[C@H]3[C@@H](O)[C@@H](CO[C@@H]4O[C@H](CO)[C@@H](O)[C@H](O)[C@H]4NC(C)=O)OC(O)[C@@H]3NC(C)=O)[C@H](O)[C@@H](O[C@@H]3O[C@H](CO)[C@H](O[C@H]4O[C@H](CO)[C@H](O)[C@H](O[C@H]5O[C@H](CO)[C@H](O)[C@H](O)[C@H]5O[C@@H]5O[C@@H](C)[C@@H](O)[C@@H](O)[C@@H]5O)[C@H]4O)[C@H](O)[C@H]3O)[C@H]2O)O[C@H](CO)[C@@H](O[C@@H]2O[C@H](CO)[C@H](O[C@H]3O[C@H](CO)[C@H](O)[C@H](O[C@H]4O[C@H](CO)[C@H](O)[C@H](O)[C@H]4O[C@@H]4O[C@@H](C)[C@@H](O)[C@@H](O)[C@@H]4O)[C@H]3O)[C@H](O)[C@H]2O)[C@@H]1O. The van der Waals surface area contributed by atoms with Crippen molar-refractivity contribution in [3.05, 3.63) is 0 Å². The molecule has 62 nitrogen and oxygen atoms in total. The van der Waals surface area contributed by atoms with Crippen LogP contribution in [0.2, 0.25) is 0 Å². The van der Waals surface area contributed by atoms with Crippen LogP contribution in [0.3, 0.4) is 0 Å². The van der Waals surface area contributed by atoms with Gasteiger partial charge < -0.3 is 293 Å². The normalized spacial score (nSPS) is 51.6. The van der Waals surface area contributed by atoms with Crippen LogP contribution < -0.4 is 16.0 Å².